The normalized spacial score (nSPS) is 14.8. The molecule has 0 aliphatic carbocycles. The summed E-state index contributed by atoms with van der Waals surface area (Å²) >= 11 is 0. The zero-order valence-corrected chi connectivity index (χ0v) is 17.2. The Morgan fingerprint density at radius 1 is 1.13 bits per heavy atom. The number of rotatable bonds is 3. The summed E-state index contributed by atoms with van der Waals surface area (Å²) in [5.74, 6) is -0.275. The molecule has 1 fully saturated rings. The Morgan fingerprint density at radius 3 is 2.65 bits per heavy atom. The molecule has 0 atom stereocenters. The molecule has 0 spiro atoms. The van der Waals surface area contributed by atoms with Gasteiger partial charge in [0.1, 0.15) is 11.5 Å². The highest BCUT2D eigenvalue weighted by Gasteiger charge is 2.27. The van der Waals surface area contributed by atoms with Crippen LogP contribution in [0.4, 0.5) is 9.18 Å². The molecule has 1 aliphatic rings. The number of fused-ring (bicyclic) bond motifs is 1. The number of benzene rings is 1. The molecule has 1 aromatic carbocycles. The van der Waals surface area contributed by atoms with Crippen LogP contribution in [0.2, 0.25) is 0 Å². The summed E-state index contributed by atoms with van der Waals surface area (Å²) in [6.07, 6.45) is 7.20. The van der Waals surface area contributed by atoms with Crippen molar-refractivity contribution in [2.24, 2.45) is 0 Å². The number of imidazole rings is 1. The van der Waals surface area contributed by atoms with Crippen molar-refractivity contribution in [1.82, 2.24) is 29.7 Å². The van der Waals surface area contributed by atoms with Gasteiger partial charge in [-0.2, -0.15) is 0 Å². The molecule has 0 bridgehead atoms. The van der Waals surface area contributed by atoms with Crippen LogP contribution in [0.3, 0.4) is 0 Å². The van der Waals surface area contributed by atoms with E-state index in [9.17, 15) is 9.18 Å². The predicted molar refractivity (Wildman–Crippen MR) is 117 cm³/mol. The summed E-state index contributed by atoms with van der Waals surface area (Å²) in [5.41, 5.74) is 4.49. The number of carbonyl (C=O) groups is 1. The quantitative estimate of drug-likeness (QED) is 0.523. The van der Waals surface area contributed by atoms with Crippen LogP contribution < -0.4 is 5.32 Å². The summed E-state index contributed by atoms with van der Waals surface area (Å²) in [5, 5.41) is 3.71. The Morgan fingerprint density at radius 2 is 1.90 bits per heavy atom. The largest absolute Gasteiger partial charge is 0.346 e. The van der Waals surface area contributed by atoms with Crippen LogP contribution in [0.5, 0.6) is 0 Å². The minimum Gasteiger partial charge on any atom is -0.346 e. The van der Waals surface area contributed by atoms with Gasteiger partial charge < -0.3 is 19.8 Å². The molecule has 3 aromatic heterocycles. The van der Waals surface area contributed by atoms with Gasteiger partial charge in [0, 0.05) is 55.1 Å². The van der Waals surface area contributed by atoms with Crippen LogP contribution >= 0.6 is 0 Å². The number of pyridine rings is 1. The molecule has 4 aromatic rings. The lowest BCUT2D eigenvalue weighted by Gasteiger charge is -2.33. The highest BCUT2D eigenvalue weighted by atomic mass is 19.1. The van der Waals surface area contributed by atoms with E-state index in [0.29, 0.717) is 13.1 Å². The summed E-state index contributed by atoms with van der Waals surface area (Å²) in [6.45, 7) is 1.37. The molecule has 1 saturated heterocycles. The monoisotopic (exact) mass is 418 g/mol. The number of nitrogens with one attached hydrogen (secondary N) is 2. The van der Waals surface area contributed by atoms with Gasteiger partial charge in [-0.25, -0.2) is 19.2 Å². The van der Waals surface area contributed by atoms with E-state index in [1.807, 2.05) is 29.6 Å². The second-order valence-corrected chi connectivity index (χ2v) is 7.73. The van der Waals surface area contributed by atoms with E-state index in [4.69, 9.17) is 4.98 Å². The van der Waals surface area contributed by atoms with Crippen LogP contribution in [-0.2, 0) is 0 Å². The van der Waals surface area contributed by atoms with Crippen molar-refractivity contribution < 1.29 is 9.18 Å². The Hall–Kier alpha value is -3.68. The summed E-state index contributed by atoms with van der Waals surface area (Å²) in [4.78, 5) is 26.2. The van der Waals surface area contributed by atoms with E-state index in [-0.39, 0.29) is 17.9 Å². The number of hydrogen-bond acceptors (Lipinski definition) is 3. The first kappa shape index (κ1) is 19.3. The second-order valence-electron chi connectivity index (χ2n) is 7.73. The molecular formula is C23H23FN6O. The van der Waals surface area contributed by atoms with E-state index in [2.05, 4.69) is 19.9 Å². The molecule has 2 N–H and O–H groups in total. The number of amides is 2. The average molecular weight is 418 g/mol. The molecule has 158 valence electrons. The van der Waals surface area contributed by atoms with Crippen molar-refractivity contribution in [2.75, 3.05) is 20.1 Å². The van der Waals surface area contributed by atoms with Gasteiger partial charge in [0.25, 0.3) is 0 Å². The van der Waals surface area contributed by atoms with Crippen molar-refractivity contribution in [2.45, 2.75) is 18.9 Å². The van der Waals surface area contributed by atoms with Crippen molar-refractivity contribution >= 4 is 17.1 Å². The molecule has 0 unspecified atom stereocenters. The van der Waals surface area contributed by atoms with Gasteiger partial charge in [-0.3, -0.25) is 0 Å². The number of aromatic amines is 1. The smallest absolute Gasteiger partial charge is 0.317 e. The fourth-order valence-corrected chi connectivity index (χ4v) is 4.40. The first-order chi connectivity index (χ1) is 15.2. The van der Waals surface area contributed by atoms with E-state index in [1.165, 1.54) is 12.1 Å². The van der Waals surface area contributed by atoms with E-state index < -0.39 is 0 Å². The number of piperidine rings is 1. The van der Waals surface area contributed by atoms with E-state index in [1.54, 1.807) is 25.4 Å². The van der Waals surface area contributed by atoms with Gasteiger partial charge in [-0.15, -0.1) is 0 Å². The second kappa shape index (κ2) is 7.86. The number of aromatic nitrogens is 4. The molecule has 5 rings (SSSR count). The van der Waals surface area contributed by atoms with Crippen LogP contribution in [0.15, 0.2) is 55.1 Å². The molecule has 31 heavy (non-hydrogen) atoms. The molecule has 0 radical (unpaired) electrons. The van der Waals surface area contributed by atoms with E-state index in [0.717, 1.165) is 46.4 Å². The molecule has 7 nitrogen and oxygen atoms in total. The van der Waals surface area contributed by atoms with Crippen LogP contribution in [-0.4, -0.2) is 50.6 Å². The fraction of sp³-hybridized carbons (Fsp3) is 0.261. The minimum atomic E-state index is -0.275. The Kier molecular flexibility index (Phi) is 4.89. The predicted octanol–water partition coefficient (Wildman–Crippen LogP) is 4.21. The van der Waals surface area contributed by atoms with Gasteiger partial charge in [-0.1, -0.05) is 0 Å². The summed E-state index contributed by atoms with van der Waals surface area (Å²) in [6, 6.07) is 10.6. The zero-order valence-electron chi connectivity index (χ0n) is 17.2. The van der Waals surface area contributed by atoms with Gasteiger partial charge in [-0.05, 0) is 49.2 Å². The Labute approximate surface area is 178 Å². The van der Waals surface area contributed by atoms with Crippen molar-refractivity contribution in [3.63, 3.8) is 0 Å². The lowest BCUT2D eigenvalue weighted by atomic mass is 10.00. The first-order valence-corrected chi connectivity index (χ1v) is 10.4. The number of H-pyrrole nitrogens is 1. The van der Waals surface area contributed by atoms with Gasteiger partial charge >= 0.3 is 6.03 Å². The molecule has 2 amide bonds. The van der Waals surface area contributed by atoms with Crippen LogP contribution in [0.25, 0.3) is 33.5 Å². The number of hydrogen-bond donors (Lipinski definition) is 2. The van der Waals surface area contributed by atoms with Crippen LogP contribution in [0, 0.1) is 5.82 Å². The lowest BCUT2D eigenvalue weighted by Crippen LogP contribution is -2.43. The maximum Gasteiger partial charge on any atom is 0.317 e. The van der Waals surface area contributed by atoms with Crippen molar-refractivity contribution in [3.8, 4) is 22.5 Å². The van der Waals surface area contributed by atoms with Gasteiger partial charge in [0.05, 0.1) is 17.7 Å². The Balaban J connectivity index is 1.60. The SMILES string of the molecule is CNC(=O)N1CCC(n2cnc(-c3ccc(F)cc3)c2-c2ccnc3[nH]ccc23)CC1. The van der Waals surface area contributed by atoms with Crippen LogP contribution in [0.1, 0.15) is 18.9 Å². The summed E-state index contributed by atoms with van der Waals surface area (Å²) in [7, 11) is 1.66. The molecular weight excluding hydrogens is 395 g/mol. The molecule has 8 heteroatoms. The number of carbonyl (C=O) groups excluding carboxylic acids is 1. The standard InChI is InChI=1S/C23H23FN6O/c1-25-23(31)29-12-8-17(9-13-29)30-14-28-20(15-2-4-16(24)5-3-15)21(30)18-6-10-26-22-19(18)7-11-27-22/h2-7,10-11,14,17H,8-9,12-13H2,1H3,(H,25,31)(H,26,27). The van der Waals surface area contributed by atoms with E-state index >= 15 is 0 Å². The number of likely N-dealkylation sites (tertiary alicyclic amines) is 1. The third kappa shape index (κ3) is 3.43. The minimum absolute atomic E-state index is 0.0422. The average Bonchev–Trinajstić information content (AvgIpc) is 3.46. The first-order valence-electron chi connectivity index (χ1n) is 10.4. The topological polar surface area (TPSA) is 78.8 Å². The Bertz CT molecular complexity index is 1220. The maximum atomic E-state index is 13.5. The molecule has 4 heterocycles. The number of halogens is 1. The highest BCUT2D eigenvalue weighted by Crippen LogP contribution is 2.38. The third-order valence-corrected chi connectivity index (χ3v) is 5.99. The highest BCUT2D eigenvalue weighted by molar-refractivity contribution is 5.95. The number of nitrogens with zero attached hydrogens (tertiary/aromatic N) is 4. The fourth-order valence-electron chi connectivity index (χ4n) is 4.40. The molecule has 1 aliphatic heterocycles. The number of urea groups is 1. The summed E-state index contributed by atoms with van der Waals surface area (Å²) < 4.78 is 15.8. The molecule has 0 saturated carbocycles. The van der Waals surface area contributed by atoms with Crippen molar-refractivity contribution in [3.05, 3.63) is 60.9 Å². The van der Waals surface area contributed by atoms with Gasteiger partial charge in [0.15, 0.2) is 0 Å². The maximum absolute atomic E-state index is 13.5. The lowest BCUT2D eigenvalue weighted by molar-refractivity contribution is 0.174. The zero-order chi connectivity index (χ0) is 21.4. The van der Waals surface area contributed by atoms with Gasteiger partial charge in [0.2, 0.25) is 0 Å². The van der Waals surface area contributed by atoms with Crippen molar-refractivity contribution in [1.29, 1.82) is 0 Å². The third-order valence-electron chi connectivity index (χ3n) is 5.99.